The van der Waals surface area contributed by atoms with E-state index in [-0.39, 0.29) is 29.9 Å². The van der Waals surface area contributed by atoms with E-state index in [2.05, 4.69) is 28.5 Å². The summed E-state index contributed by atoms with van der Waals surface area (Å²) in [6.07, 6.45) is 2.93. The van der Waals surface area contributed by atoms with Crippen LogP contribution in [-0.4, -0.2) is 43.1 Å². The zero-order valence-corrected chi connectivity index (χ0v) is 19.8. The predicted octanol–water partition coefficient (Wildman–Crippen LogP) is 3.56. The van der Waals surface area contributed by atoms with Crippen molar-refractivity contribution < 1.29 is 14.3 Å². The monoisotopic (exact) mass is 536 g/mol. The minimum Gasteiger partial charge on any atom is -0.490 e. The second-order valence-electron chi connectivity index (χ2n) is 7.54. The molecule has 1 amide bonds. The second-order valence-corrected chi connectivity index (χ2v) is 7.54. The molecule has 2 aromatic carbocycles. The van der Waals surface area contributed by atoms with Crippen LogP contribution in [0, 0.1) is 0 Å². The summed E-state index contributed by atoms with van der Waals surface area (Å²) in [6, 6.07) is 13.9. The van der Waals surface area contributed by atoms with Gasteiger partial charge in [0.05, 0.1) is 13.2 Å². The van der Waals surface area contributed by atoms with Crippen LogP contribution in [0.5, 0.6) is 11.5 Å². The number of carbonyl (C=O) groups is 1. The molecule has 166 valence electrons. The first kappa shape index (κ1) is 23.2. The molecule has 0 aromatic heterocycles. The molecule has 4 rings (SSSR count). The standard InChI is InChI=1S/C23H28N4O3.HI/c24-23(26-19-8-9-20-21(15-19)30-14-4-13-29-20)25-11-3-7-22(28)27-12-10-17-5-1-2-6-18(17)16-27;/h1-2,5-6,8-9,15H,3-4,7,10-14,16H2,(H3,24,25,26);1H. The summed E-state index contributed by atoms with van der Waals surface area (Å²) in [5, 5.41) is 3.07. The van der Waals surface area contributed by atoms with Gasteiger partial charge in [0, 0.05) is 44.2 Å². The van der Waals surface area contributed by atoms with Gasteiger partial charge in [0.1, 0.15) is 0 Å². The Balaban J connectivity index is 0.00000272. The van der Waals surface area contributed by atoms with E-state index in [0.717, 1.165) is 30.8 Å². The number of nitrogens with two attached hydrogens (primary N) is 1. The van der Waals surface area contributed by atoms with E-state index < -0.39 is 0 Å². The van der Waals surface area contributed by atoms with Gasteiger partial charge in [-0.15, -0.1) is 24.0 Å². The largest absolute Gasteiger partial charge is 0.490 e. The number of ether oxygens (including phenoxy) is 2. The fourth-order valence-corrected chi connectivity index (χ4v) is 3.72. The summed E-state index contributed by atoms with van der Waals surface area (Å²) in [6.45, 7) is 3.28. The van der Waals surface area contributed by atoms with Crippen molar-refractivity contribution in [1.29, 1.82) is 0 Å². The van der Waals surface area contributed by atoms with Crippen molar-refractivity contribution in [3.63, 3.8) is 0 Å². The molecule has 0 fully saturated rings. The lowest BCUT2D eigenvalue weighted by Gasteiger charge is -2.28. The Labute approximate surface area is 200 Å². The highest BCUT2D eigenvalue weighted by molar-refractivity contribution is 14.0. The average Bonchev–Trinajstić information content (AvgIpc) is 3.01. The maximum atomic E-state index is 12.5. The Kier molecular flexibility index (Phi) is 8.39. The smallest absolute Gasteiger partial charge is 0.222 e. The lowest BCUT2D eigenvalue weighted by molar-refractivity contribution is -0.132. The maximum absolute atomic E-state index is 12.5. The van der Waals surface area contributed by atoms with Crippen LogP contribution in [0.2, 0.25) is 0 Å². The van der Waals surface area contributed by atoms with Crippen molar-refractivity contribution in [2.75, 3.05) is 31.6 Å². The third-order valence-electron chi connectivity index (χ3n) is 5.33. The summed E-state index contributed by atoms with van der Waals surface area (Å²) in [4.78, 5) is 18.8. The molecule has 7 nitrogen and oxygen atoms in total. The normalized spacial score (nSPS) is 15.4. The van der Waals surface area contributed by atoms with Crippen molar-refractivity contribution >= 4 is 41.5 Å². The molecule has 0 aliphatic carbocycles. The Morgan fingerprint density at radius 1 is 1.10 bits per heavy atom. The molecule has 0 unspecified atom stereocenters. The molecular formula is C23H29IN4O3. The van der Waals surface area contributed by atoms with Crippen LogP contribution >= 0.6 is 24.0 Å². The van der Waals surface area contributed by atoms with Crippen LogP contribution in [0.15, 0.2) is 47.5 Å². The van der Waals surface area contributed by atoms with Gasteiger partial charge in [-0.05, 0) is 36.1 Å². The van der Waals surface area contributed by atoms with Gasteiger partial charge in [0.2, 0.25) is 5.91 Å². The van der Waals surface area contributed by atoms with Crippen LogP contribution in [0.3, 0.4) is 0 Å². The van der Waals surface area contributed by atoms with E-state index in [1.54, 1.807) is 0 Å². The summed E-state index contributed by atoms with van der Waals surface area (Å²) in [7, 11) is 0. The van der Waals surface area contributed by atoms with Gasteiger partial charge in [-0.2, -0.15) is 0 Å². The number of nitrogens with one attached hydrogen (secondary N) is 1. The van der Waals surface area contributed by atoms with Crippen LogP contribution in [0.1, 0.15) is 30.4 Å². The molecule has 0 spiro atoms. The second kappa shape index (κ2) is 11.2. The summed E-state index contributed by atoms with van der Waals surface area (Å²) in [5.74, 6) is 1.95. The zero-order valence-electron chi connectivity index (χ0n) is 17.5. The highest BCUT2D eigenvalue weighted by atomic mass is 127. The van der Waals surface area contributed by atoms with E-state index in [1.807, 2.05) is 29.2 Å². The van der Waals surface area contributed by atoms with Crippen molar-refractivity contribution in [3.8, 4) is 11.5 Å². The number of halogens is 1. The van der Waals surface area contributed by atoms with Gasteiger partial charge in [0.15, 0.2) is 17.5 Å². The Morgan fingerprint density at radius 3 is 2.71 bits per heavy atom. The molecular weight excluding hydrogens is 507 g/mol. The number of anilines is 1. The number of carbonyl (C=O) groups excluding carboxylic acids is 1. The zero-order chi connectivity index (χ0) is 20.8. The Hall–Kier alpha value is -2.49. The number of rotatable bonds is 5. The number of benzene rings is 2. The quantitative estimate of drug-likeness (QED) is 0.264. The number of hydrogen-bond donors (Lipinski definition) is 2. The van der Waals surface area contributed by atoms with Crippen LogP contribution in [0.25, 0.3) is 0 Å². The average molecular weight is 536 g/mol. The topological polar surface area (TPSA) is 89.2 Å². The van der Waals surface area contributed by atoms with Gasteiger partial charge in [-0.3, -0.25) is 9.79 Å². The first-order valence-corrected chi connectivity index (χ1v) is 10.5. The third kappa shape index (κ3) is 6.25. The maximum Gasteiger partial charge on any atom is 0.222 e. The van der Waals surface area contributed by atoms with Crippen LogP contribution < -0.4 is 20.5 Å². The number of amides is 1. The molecule has 31 heavy (non-hydrogen) atoms. The predicted molar refractivity (Wildman–Crippen MR) is 132 cm³/mol. The lowest BCUT2D eigenvalue weighted by Crippen LogP contribution is -2.35. The van der Waals surface area contributed by atoms with Crippen molar-refractivity contribution in [2.45, 2.75) is 32.2 Å². The summed E-state index contributed by atoms with van der Waals surface area (Å²) < 4.78 is 11.3. The third-order valence-corrected chi connectivity index (χ3v) is 5.33. The van der Waals surface area contributed by atoms with Crippen molar-refractivity contribution in [1.82, 2.24) is 4.90 Å². The van der Waals surface area contributed by atoms with Crippen LogP contribution in [0.4, 0.5) is 5.69 Å². The number of aliphatic imine (C=N–C) groups is 1. The molecule has 0 bridgehead atoms. The minimum atomic E-state index is 0. The number of hydrogen-bond acceptors (Lipinski definition) is 4. The highest BCUT2D eigenvalue weighted by Crippen LogP contribution is 2.32. The minimum absolute atomic E-state index is 0. The molecule has 3 N–H and O–H groups in total. The van der Waals surface area contributed by atoms with E-state index in [4.69, 9.17) is 15.2 Å². The number of fused-ring (bicyclic) bond motifs is 2. The summed E-state index contributed by atoms with van der Waals surface area (Å²) in [5.41, 5.74) is 9.39. The molecule has 0 saturated heterocycles. The molecule has 2 aliphatic heterocycles. The van der Waals surface area contributed by atoms with Crippen molar-refractivity contribution in [2.24, 2.45) is 10.7 Å². The van der Waals surface area contributed by atoms with Crippen molar-refractivity contribution in [3.05, 3.63) is 53.6 Å². The van der Waals surface area contributed by atoms with Crippen LogP contribution in [-0.2, 0) is 17.8 Å². The van der Waals surface area contributed by atoms with E-state index >= 15 is 0 Å². The SMILES string of the molecule is I.NC(=NCCCC(=O)N1CCc2ccccc2C1)Nc1ccc2c(c1)OCCCO2. The molecule has 2 aliphatic rings. The van der Waals surface area contributed by atoms with Gasteiger partial charge >= 0.3 is 0 Å². The molecule has 0 radical (unpaired) electrons. The first-order chi connectivity index (χ1) is 14.7. The number of nitrogens with zero attached hydrogens (tertiary/aromatic N) is 2. The summed E-state index contributed by atoms with van der Waals surface area (Å²) >= 11 is 0. The lowest BCUT2D eigenvalue weighted by atomic mass is 9.99. The molecule has 2 heterocycles. The van der Waals surface area contributed by atoms with Gasteiger partial charge in [-0.25, -0.2) is 0 Å². The Morgan fingerprint density at radius 2 is 1.87 bits per heavy atom. The van der Waals surface area contributed by atoms with E-state index in [0.29, 0.717) is 50.9 Å². The van der Waals surface area contributed by atoms with Gasteiger partial charge in [0.25, 0.3) is 0 Å². The Bertz CT molecular complexity index is 935. The fourth-order valence-electron chi connectivity index (χ4n) is 3.72. The van der Waals surface area contributed by atoms with Gasteiger partial charge < -0.3 is 25.4 Å². The molecule has 0 saturated carbocycles. The molecule has 2 aromatic rings. The molecule has 0 atom stereocenters. The molecule has 8 heteroatoms. The fraction of sp³-hybridized carbons (Fsp3) is 0.391. The first-order valence-electron chi connectivity index (χ1n) is 10.5. The highest BCUT2D eigenvalue weighted by Gasteiger charge is 2.19. The van der Waals surface area contributed by atoms with E-state index in [9.17, 15) is 4.79 Å². The number of guanidine groups is 1. The van der Waals surface area contributed by atoms with E-state index in [1.165, 1.54) is 11.1 Å². The van der Waals surface area contributed by atoms with Gasteiger partial charge in [-0.1, -0.05) is 24.3 Å².